The highest BCUT2D eigenvalue weighted by Crippen LogP contribution is 2.44. The van der Waals surface area contributed by atoms with E-state index in [9.17, 15) is 13.2 Å². The van der Waals surface area contributed by atoms with Crippen molar-refractivity contribution in [3.8, 4) is 0 Å². The number of nitrogens with one attached hydrogen (secondary N) is 1. The molecular formula is C15H27N3O3S. The fraction of sp³-hybridized carbons (Fsp3) is 0.933. The fourth-order valence-corrected chi connectivity index (χ4v) is 5.51. The normalized spacial score (nSPS) is 36.0. The zero-order chi connectivity index (χ0) is 15.9. The lowest BCUT2D eigenvalue weighted by atomic mass is 9.93. The van der Waals surface area contributed by atoms with Crippen LogP contribution in [0.5, 0.6) is 0 Å². The Labute approximate surface area is 133 Å². The number of hydrogen-bond acceptors (Lipinski definition) is 3. The van der Waals surface area contributed by atoms with Crippen molar-refractivity contribution < 1.29 is 13.2 Å². The van der Waals surface area contributed by atoms with Gasteiger partial charge in [0.1, 0.15) is 0 Å². The van der Waals surface area contributed by atoms with Crippen molar-refractivity contribution in [2.45, 2.75) is 44.6 Å². The van der Waals surface area contributed by atoms with Crippen molar-refractivity contribution in [2.75, 3.05) is 27.2 Å². The Hall–Kier alpha value is -0.660. The van der Waals surface area contributed by atoms with Crippen LogP contribution in [0.3, 0.4) is 0 Å². The van der Waals surface area contributed by atoms with Gasteiger partial charge in [0.2, 0.25) is 5.91 Å². The molecule has 0 spiro atoms. The van der Waals surface area contributed by atoms with Crippen molar-refractivity contribution in [3.05, 3.63) is 0 Å². The Balaban J connectivity index is 1.59. The lowest BCUT2D eigenvalue weighted by molar-refractivity contribution is -0.127. The number of rotatable bonds is 4. The Morgan fingerprint density at radius 2 is 1.95 bits per heavy atom. The van der Waals surface area contributed by atoms with Gasteiger partial charge in [0.05, 0.1) is 5.92 Å². The van der Waals surface area contributed by atoms with Gasteiger partial charge in [0.15, 0.2) is 0 Å². The van der Waals surface area contributed by atoms with E-state index in [1.165, 1.54) is 42.0 Å². The summed E-state index contributed by atoms with van der Waals surface area (Å²) in [5, 5.41) is 3.21. The summed E-state index contributed by atoms with van der Waals surface area (Å²) in [6, 6.07) is 0.326. The van der Waals surface area contributed by atoms with Gasteiger partial charge in [-0.3, -0.25) is 4.79 Å². The molecular weight excluding hydrogens is 302 g/mol. The van der Waals surface area contributed by atoms with E-state index in [1.54, 1.807) is 0 Å². The van der Waals surface area contributed by atoms with Crippen LogP contribution in [0.1, 0.15) is 38.5 Å². The summed E-state index contributed by atoms with van der Waals surface area (Å²) in [6.07, 6.45) is 6.46. The van der Waals surface area contributed by atoms with Crippen LogP contribution >= 0.6 is 0 Å². The lowest BCUT2D eigenvalue weighted by Crippen LogP contribution is -2.50. The van der Waals surface area contributed by atoms with E-state index in [2.05, 4.69) is 5.32 Å². The maximum absolute atomic E-state index is 12.5. The average Bonchev–Trinajstić information content (AvgIpc) is 3.09. The molecule has 2 bridgehead atoms. The van der Waals surface area contributed by atoms with Gasteiger partial charge < -0.3 is 5.32 Å². The van der Waals surface area contributed by atoms with Crippen LogP contribution in [0.25, 0.3) is 0 Å². The minimum atomic E-state index is -3.42. The molecule has 3 aliphatic rings. The van der Waals surface area contributed by atoms with Crippen LogP contribution in [0.15, 0.2) is 0 Å². The van der Waals surface area contributed by atoms with Gasteiger partial charge in [-0.15, -0.1) is 0 Å². The summed E-state index contributed by atoms with van der Waals surface area (Å²) in [4.78, 5) is 12.5. The third-order valence-electron chi connectivity index (χ3n) is 5.61. The zero-order valence-electron chi connectivity index (χ0n) is 13.5. The molecule has 0 aromatic heterocycles. The number of carbonyl (C=O) groups excluding carboxylic acids is 1. The summed E-state index contributed by atoms with van der Waals surface area (Å²) in [7, 11) is -0.343. The monoisotopic (exact) mass is 329 g/mol. The van der Waals surface area contributed by atoms with Crippen molar-refractivity contribution >= 4 is 16.1 Å². The molecule has 4 atom stereocenters. The minimum absolute atomic E-state index is 0.0520. The predicted octanol–water partition coefficient (Wildman–Crippen LogP) is 0.810. The summed E-state index contributed by atoms with van der Waals surface area (Å²) in [5.41, 5.74) is 0. The number of hydrogen-bond donors (Lipinski definition) is 1. The molecule has 2 aliphatic carbocycles. The van der Waals surface area contributed by atoms with Crippen molar-refractivity contribution in [3.63, 3.8) is 0 Å². The van der Waals surface area contributed by atoms with Gasteiger partial charge in [0.25, 0.3) is 10.2 Å². The average molecular weight is 329 g/mol. The Bertz CT molecular complexity index is 534. The topological polar surface area (TPSA) is 69.7 Å². The first kappa shape index (κ1) is 16.2. The molecule has 1 saturated heterocycles. The van der Waals surface area contributed by atoms with Crippen LogP contribution in [0, 0.1) is 17.8 Å². The number of piperidine rings is 1. The molecule has 1 amide bonds. The molecule has 3 rings (SSSR count). The molecule has 126 valence electrons. The zero-order valence-corrected chi connectivity index (χ0v) is 14.3. The van der Waals surface area contributed by atoms with Crippen molar-refractivity contribution in [1.29, 1.82) is 0 Å². The maximum atomic E-state index is 12.5. The molecule has 0 aromatic rings. The predicted molar refractivity (Wildman–Crippen MR) is 84.3 cm³/mol. The molecule has 22 heavy (non-hydrogen) atoms. The quantitative estimate of drug-likeness (QED) is 0.830. The smallest absolute Gasteiger partial charge is 0.281 e. The van der Waals surface area contributed by atoms with E-state index < -0.39 is 10.2 Å². The SMILES string of the molecule is CN(C)S(=O)(=O)N1CCCC(C(=O)NC2CC3CCC2C3)C1. The maximum Gasteiger partial charge on any atom is 0.281 e. The molecule has 1 heterocycles. The van der Waals surface area contributed by atoms with Gasteiger partial charge in [0, 0.05) is 33.2 Å². The largest absolute Gasteiger partial charge is 0.353 e. The first-order chi connectivity index (χ1) is 10.4. The first-order valence-electron chi connectivity index (χ1n) is 8.36. The highest BCUT2D eigenvalue weighted by molar-refractivity contribution is 7.86. The summed E-state index contributed by atoms with van der Waals surface area (Å²) >= 11 is 0. The Morgan fingerprint density at radius 3 is 2.55 bits per heavy atom. The third kappa shape index (κ3) is 3.03. The Kier molecular flexibility index (Phi) is 4.49. The van der Waals surface area contributed by atoms with Gasteiger partial charge in [-0.1, -0.05) is 6.42 Å². The van der Waals surface area contributed by atoms with Crippen LogP contribution < -0.4 is 5.32 Å². The van der Waals surface area contributed by atoms with Crippen molar-refractivity contribution in [1.82, 2.24) is 13.9 Å². The van der Waals surface area contributed by atoms with E-state index in [4.69, 9.17) is 0 Å². The number of carbonyl (C=O) groups is 1. The molecule has 2 saturated carbocycles. The first-order valence-corrected chi connectivity index (χ1v) is 9.75. The van der Waals surface area contributed by atoms with Gasteiger partial charge in [-0.05, 0) is 43.9 Å². The summed E-state index contributed by atoms with van der Waals surface area (Å²) < 4.78 is 27.1. The standard InChI is InChI=1S/C15H27N3O3S/c1-17(2)22(20,21)18-7-3-4-13(10-18)15(19)16-14-9-11-5-6-12(14)8-11/h11-14H,3-10H2,1-2H3,(H,16,19). The lowest BCUT2D eigenvalue weighted by Gasteiger charge is -2.34. The highest BCUT2D eigenvalue weighted by Gasteiger charge is 2.41. The fourth-order valence-electron chi connectivity index (χ4n) is 4.32. The van der Waals surface area contributed by atoms with Gasteiger partial charge >= 0.3 is 0 Å². The molecule has 6 nitrogen and oxygen atoms in total. The van der Waals surface area contributed by atoms with Crippen LogP contribution in [0.4, 0.5) is 0 Å². The molecule has 1 N–H and O–H groups in total. The van der Waals surface area contributed by atoms with Crippen LogP contribution in [-0.4, -0.2) is 56.2 Å². The van der Waals surface area contributed by atoms with Gasteiger partial charge in [-0.25, -0.2) is 0 Å². The molecule has 0 radical (unpaired) electrons. The molecule has 0 aromatic carbocycles. The van der Waals surface area contributed by atoms with E-state index in [0.717, 1.165) is 25.2 Å². The number of fused-ring (bicyclic) bond motifs is 2. The third-order valence-corrected chi connectivity index (χ3v) is 7.52. The minimum Gasteiger partial charge on any atom is -0.353 e. The Morgan fingerprint density at radius 1 is 1.18 bits per heavy atom. The van der Waals surface area contributed by atoms with Crippen LogP contribution in [-0.2, 0) is 15.0 Å². The van der Waals surface area contributed by atoms with Crippen LogP contribution in [0.2, 0.25) is 0 Å². The highest BCUT2D eigenvalue weighted by atomic mass is 32.2. The van der Waals surface area contributed by atoms with E-state index >= 15 is 0 Å². The number of nitrogens with zero attached hydrogens (tertiary/aromatic N) is 2. The summed E-state index contributed by atoms with van der Waals surface area (Å²) in [5.74, 6) is 1.30. The van der Waals surface area contributed by atoms with Crippen molar-refractivity contribution in [2.24, 2.45) is 17.8 Å². The second-order valence-electron chi connectivity index (χ2n) is 7.28. The van der Waals surface area contributed by atoms with E-state index in [1.807, 2.05) is 0 Å². The molecule has 1 aliphatic heterocycles. The van der Waals surface area contributed by atoms with Gasteiger partial charge in [-0.2, -0.15) is 17.0 Å². The second kappa shape index (κ2) is 6.09. The molecule has 7 heteroatoms. The second-order valence-corrected chi connectivity index (χ2v) is 9.42. The number of amides is 1. The van der Waals surface area contributed by atoms with E-state index in [-0.39, 0.29) is 11.8 Å². The van der Waals surface area contributed by atoms with E-state index in [0.29, 0.717) is 25.0 Å². The molecule has 4 unspecified atom stereocenters. The summed E-state index contributed by atoms with van der Waals surface area (Å²) in [6.45, 7) is 0.825. The molecule has 3 fully saturated rings.